The summed E-state index contributed by atoms with van der Waals surface area (Å²) in [5, 5.41) is 7.01. The largest absolute Gasteiger partial charge is 0.490 e. The summed E-state index contributed by atoms with van der Waals surface area (Å²) in [7, 11) is 0. The molecular weight excluding hydrogens is 242 g/mol. The van der Waals surface area contributed by atoms with Gasteiger partial charge in [-0.25, -0.2) is 0 Å². The molecule has 0 aliphatic rings. The number of nitrogens with zero attached hydrogens (tertiary/aromatic N) is 2. The Morgan fingerprint density at radius 1 is 1.05 bits per heavy atom. The lowest BCUT2D eigenvalue weighted by Crippen LogP contribution is -2.02. The summed E-state index contributed by atoms with van der Waals surface area (Å²) >= 11 is 0. The molecular formula is C14H23N3O2. The van der Waals surface area contributed by atoms with Crippen molar-refractivity contribution in [1.29, 1.82) is 0 Å². The van der Waals surface area contributed by atoms with Crippen LogP contribution in [0, 0.1) is 0 Å². The van der Waals surface area contributed by atoms with E-state index >= 15 is 0 Å². The van der Waals surface area contributed by atoms with Crippen molar-refractivity contribution >= 4 is 0 Å². The second-order valence-electron chi connectivity index (χ2n) is 4.21. The van der Waals surface area contributed by atoms with Crippen molar-refractivity contribution < 1.29 is 9.47 Å². The van der Waals surface area contributed by atoms with Crippen LogP contribution in [0.15, 0.2) is 28.5 Å². The van der Waals surface area contributed by atoms with E-state index in [1.165, 1.54) is 0 Å². The summed E-state index contributed by atoms with van der Waals surface area (Å²) in [6.07, 6.45) is 2.74. The fourth-order valence-electron chi connectivity index (χ4n) is 1.60. The molecule has 1 rings (SSSR count). The molecule has 0 bridgehead atoms. The average molecular weight is 265 g/mol. The van der Waals surface area contributed by atoms with Gasteiger partial charge >= 0.3 is 0 Å². The lowest BCUT2D eigenvalue weighted by molar-refractivity contribution is 0.268. The minimum absolute atomic E-state index is 0.582. The van der Waals surface area contributed by atoms with Crippen LogP contribution in [-0.4, -0.2) is 19.8 Å². The van der Waals surface area contributed by atoms with Crippen molar-refractivity contribution in [3.8, 4) is 11.5 Å². The third-order valence-electron chi connectivity index (χ3n) is 2.51. The fraction of sp³-hybridized carbons (Fsp3) is 0.571. The Morgan fingerprint density at radius 2 is 1.74 bits per heavy atom. The predicted molar refractivity (Wildman–Crippen MR) is 75.6 cm³/mol. The lowest BCUT2D eigenvalue weighted by Gasteiger charge is -2.13. The molecule has 5 heteroatoms. The van der Waals surface area contributed by atoms with Gasteiger partial charge < -0.3 is 15.3 Å². The molecule has 0 spiro atoms. The normalized spacial score (nSPS) is 10.8. The zero-order valence-corrected chi connectivity index (χ0v) is 11.8. The van der Waals surface area contributed by atoms with Crippen LogP contribution in [0.1, 0.15) is 32.3 Å². The second kappa shape index (κ2) is 9.19. The van der Waals surface area contributed by atoms with E-state index < -0.39 is 0 Å². The molecule has 0 saturated heterocycles. The van der Waals surface area contributed by atoms with Gasteiger partial charge in [0.05, 0.1) is 19.8 Å². The third kappa shape index (κ3) is 5.59. The molecule has 0 fully saturated rings. The number of ether oxygens (including phenoxy) is 2. The van der Waals surface area contributed by atoms with Crippen molar-refractivity contribution in [1.82, 2.24) is 0 Å². The molecule has 106 valence electrons. The maximum Gasteiger partial charge on any atom is 0.161 e. The van der Waals surface area contributed by atoms with Crippen molar-refractivity contribution in [2.45, 2.75) is 33.1 Å². The third-order valence-corrected chi connectivity index (χ3v) is 2.51. The molecule has 0 unspecified atom stereocenters. The maximum absolute atomic E-state index is 5.73. The Bertz CT molecular complexity index is 394. The van der Waals surface area contributed by atoms with Crippen molar-refractivity contribution in [2.24, 2.45) is 16.2 Å². The summed E-state index contributed by atoms with van der Waals surface area (Å²) in [5.74, 6) is 6.59. The molecule has 2 N–H and O–H groups in total. The smallest absolute Gasteiger partial charge is 0.161 e. The number of hydrogen-bond donors (Lipinski definition) is 1. The van der Waals surface area contributed by atoms with Gasteiger partial charge in [0.1, 0.15) is 0 Å². The molecule has 0 atom stereocenters. The summed E-state index contributed by atoms with van der Waals surface area (Å²) in [4.78, 5) is 0. The SMILES string of the molecule is CCCOc1ccc(CCN=NN)cc1OCCC. The quantitative estimate of drug-likeness (QED) is 0.423. The van der Waals surface area contributed by atoms with Crippen LogP contribution in [0.5, 0.6) is 11.5 Å². The first kappa shape index (κ1) is 15.3. The highest BCUT2D eigenvalue weighted by Crippen LogP contribution is 2.29. The minimum atomic E-state index is 0.582. The highest BCUT2D eigenvalue weighted by molar-refractivity contribution is 5.43. The van der Waals surface area contributed by atoms with Crippen molar-refractivity contribution in [3.63, 3.8) is 0 Å². The van der Waals surface area contributed by atoms with E-state index in [1.54, 1.807) is 0 Å². The zero-order chi connectivity index (χ0) is 13.9. The Balaban J connectivity index is 2.74. The second-order valence-corrected chi connectivity index (χ2v) is 4.21. The van der Waals surface area contributed by atoms with Gasteiger partial charge in [0.25, 0.3) is 0 Å². The molecule has 0 amide bonds. The topological polar surface area (TPSA) is 69.2 Å². The van der Waals surface area contributed by atoms with Gasteiger partial charge in [0, 0.05) is 0 Å². The molecule has 1 aromatic carbocycles. The van der Waals surface area contributed by atoms with Gasteiger partial charge in [-0.3, -0.25) is 0 Å². The standard InChI is InChI=1S/C14H23N3O2/c1-3-9-18-13-6-5-12(7-8-16-17-15)11-14(13)19-10-4-2/h5-6,11H,3-4,7-10H2,1-2H3,(H2,15,16). The van der Waals surface area contributed by atoms with Crippen LogP contribution in [0.25, 0.3) is 0 Å². The lowest BCUT2D eigenvalue weighted by atomic mass is 10.1. The number of hydrogen-bond acceptors (Lipinski definition) is 4. The average Bonchev–Trinajstić information content (AvgIpc) is 2.44. The molecule has 1 aromatic rings. The van der Waals surface area contributed by atoms with Gasteiger partial charge in [-0.2, -0.15) is 5.11 Å². The minimum Gasteiger partial charge on any atom is -0.490 e. The van der Waals surface area contributed by atoms with E-state index in [9.17, 15) is 0 Å². The summed E-state index contributed by atoms with van der Waals surface area (Å²) in [6.45, 7) is 6.13. The first-order valence-corrected chi connectivity index (χ1v) is 6.77. The summed E-state index contributed by atoms with van der Waals surface area (Å²) in [5.41, 5.74) is 1.14. The Morgan fingerprint density at radius 3 is 2.37 bits per heavy atom. The van der Waals surface area contributed by atoms with Crippen LogP contribution < -0.4 is 15.3 Å². The number of rotatable bonds is 9. The monoisotopic (exact) mass is 265 g/mol. The summed E-state index contributed by atoms with van der Waals surface area (Å²) < 4.78 is 11.4. The zero-order valence-electron chi connectivity index (χ0n) is 11.8. The van der Waals surface area contributed by atoms with Gasteiger partial charge in [0.15, 0.2) is 11.5 Å². The van der Waals surface area contributed by atoms with Gasteiger partial charge in [0.2, 0.25) is 0 Å². The van der Waals surface area contributed by atoms with E-state index in [0.717, 1.165) is 36.3 Å². The number of nitrogens with two attached hydrogens (primary N) is 1. The van der Waals surface area contributed by atoms with Crippen LogP contribution in [-0.2, 0) is 6.42 Å². The fourth-order valence-corrected chi connectivity index (χ4v) is 1.60. The van der Waals surface area contributed by atoms with E-state index in [0.29, 0.717) is 19.8 Å². The van der Waals surface area contributed by atoms with Gasteiger partial charge in [-0.05, 0) is 37.0 Å². The number of benzene rings is 1. The molecule has 0 aromatic heterocycles. The Hall–Kier alpha value is -1.78. The predicted octanol–water partition coefficient (Wildman–Crippen LogP) is 3.13. The van der Waals surface area contributed by atoms with Gasteiger partial charge in [-0.15, -0.1) is 0 Å². The Labute approximate surface area is 114 Å². The molecule has 19 heavy (non-hydrogen) atoms. The molecule has 0 heterocycles. The molecule has 0 saturated carbocycles. The van der Waals surface area contributed by atoms with E-state index in [4.69, 9.17) is 15.3 Å². The first-order chi connectivity index (χ1) is 9.31. The van der Waals surface area contributed by atoms with Gasteiger partial charge in [-0.1, -0.05) is 25.1 Å². The molecule has 0 radical (unpaired) electrons. The van der Waals surface area contributed by atoms with Crippen LogP contribution >= 0.6 is 0 Å². The molecule has 5 nitrogen and oxygen atoms in total. The van der Waals surface area contributed by atoms with Crippen molar-refractivity contribution in [3.05, 3.63) is 23.8 Å². The maximum atomic E-state index is 5.73. The van der Waals surface area contributed by atoms with E-state index in [2.05, 4.69) is 24.2 Å². The first-order valence-electron chi connectivity index (χ1n) is 6.77. The molecule has 0 aliphatic heterocycles. The van der Waals surface area contributed by atoms with Crippen LogP contribution in [0.2, 0.25) is 0 Å². The van der Waals surface area contributed by atoms with E-state index in [1.807, 2.05) is 18.2 Å². The highest BCUT2D eigenvalue weighted by Gasteiger charge is 2.06. The van der Waals surface area contributed by atoms with Crippen molar-refractivity contribution in [2.75, 3.05) is 19.8 Å². The van der Waals surface area contributed by atoms with Crippen LogP contribution in [0.3, 0.4) is 0 Å². The highest BCUT2D eigenvalue weighted by atomic mass is 16.5. The van der Waals surface area contributed by atoms with E-state index in [-0.39, 0.29) is 0 Å². The van der Waals surface area contributed by atoms with Crippen LogP contribution in [0.4, 0.5) is 0 Å². The summed E-state index contributed by atoms with van der Waals surface area (Å²) in [6, 6.07) is 5.98. The Kier molecular flexibility index (Phi) is 7.39. The molecule has 0 aliphatic carbocycles.